The predicted octanol–water partition coefficient (Wildman–Crippen LogP) is 3.17. The molecular weight excluding hydrogens is 408 g/mol. The van der Waals surface area contributed by atoms with Crippen LogP contribution in [0.25, 0.3) is 0 Å². The Morgan fingerprint density at radius 1 is 1.10 bits per heavy atom. The predicted molar refractivity (Wildman–Crippen MR) is 113 cm³/mol. The van der Waals surface area contributed by atoms with Crippen LogP contribution in [0.2, 0.25) is 0 Å². The maximum absolute atomic E-state index is 12.2. The second-order valence-electron chi connectivity index (χ2n) is 6.45. The Morgan fingerprint density at radius 2 is 1.80 bits per heavy atom. The van der Waals surface area contributed by atoms with Gasteiger partial charge in [0.2, 0.25) is 0 Å². The molecule has 1 aromatic carbocycles. The number of amides is 2. The number of nitrogens with two attached hydrogens (primary N) is 1. The number of benzene rings is 1. The van der Waals surface area contributed by atoms with Crippen molar-refractivity contribution in [2.75, 3.05) is 11.9 Å². The van der Waals surface area contributed by atoms with Crippen molar-refractivity contribution in [1.82, 2.24) is 0 Å². The Morgan fingerprint density at radius 3 is 2.43 bits per heavy atom. The van der Waals surface area contributed by atoms with Crippen molar-refractivity contribution in [3.63, 3.8) is 0 Å². The van der Waals surface area contributed by atoms with Gasteiger partial charge in [0.05, 0.1) is 18.6 Å². The van der Waals surface area contributed by atoms with Crippen molar-refractivity contribution in [2.45, 2.75) is 39.2 Å². The first kappa shape index (κ1) is 23.1. The highest BCUT2D eigenvalue weighted by molar-refractivity contribution is 7.14. The number of nitrogens with one attached hydrogen (secondary N) is 1. The van der Waals surface area contributed by atoms with E-state index in [1.54, 1.807) is 29.6 Å². The average molecular weight is 432 g/mol. The van der Waals surface area contributed by atoms with Gasteiger partial charge in [0.25, 0.3) is 11.8 Å². The molecule has 1 aromatic heterocycles. The zero-order valence-corrected chi connectivity index (χ0v) is 17.6. The van der Waals surface area contributed by atoms with Crippen LogP contribution in [0, 0.1) is 0 Å². The number of primary amides is 1. The Balaban J connectivity index is 1.80. The molecule has 0 bridgehead atoms. The molecule has 0 spiro atoms. The number of rotatable bonds is 11. The molecule has 1 atom stereocenters. The molecule has 0 fully saturated rings. The molecule has 160 valence electrons. The number of hydrogen-bond donors (Lipinski definition) is 2. The quantitative estimate of drug-likeness (QED) is 0.415. The summed E-state index contributed by atoms with van der Waals surface area (Å²) in [5.74, 6) is -1.47. The lowest BCUT2D eigenvalue weighted by Crippen LogP contribution is -2.30. The van der Waals surface area contributed by atoms with Crippen molar-refractivity contribution in [1.29, 1.82) is 0 Å². The van der Waals surface area contributed by atoms with Gasteiger partial charge in [-0.15, -0.1) is 11.3 Å². The van der Waals surface area contributed by atoms with Crippen molar-refractivity contribution in [2.24, 2.45) is 5.73 Å². The van der Waals surface area contributed by atoms with E-state index in [1.165, 1.54) is 13.0 Å². The number of hydrogen-bond acceptors (Lipinski definition) is 7. The summed E-state index contributed by atoms with van der Waals surface area (Å²) in [5, 5.41) is 4.41. The largest absolute Gasteiger partial charge is 0.494 e. The summed E-state index contributed by atoms with van der Waals surface area (Å²) in [7, 11) is 0. The number of ketones is 1. The molecule has 8 nitrogen and oxygen atoms in total. The van der Waals surface area contributed by atoms with E-state index in [-0.39, 0.29) is 29.2 Å². The summed E-state index contributed by atoms with van der Waals surface area (Å²) in [6.45, 7) is 4.00. The Kier molecular flexibility index (Phi) is 8.54. The average Bonchev–Trinajstić information content (AvgIpc) is 3.19. The van der Waals surface area contributed by atoms with Crippen LogP contribution in [0.1, 0.15) is 53.8 Å². The van der Waals surface area contributed by atoms with Crippen molar-refractivity contribution in [3.8, 4) is 5.75 Å². The molecular formula is C21H24N2O6S. The van der Waals surface area contributed by atoms with Crippen molar-refractivity contribution >= 4 is 39.9 Å². The van der Waals surface area contributed by atoms with Gasteiger partial charge >= 0.3 is 5.97 Å². The maximum Gasteiger partial charge on any atom is 0.307 e. The van der Waals surface area contributed by atoms with Crippen LogP contribution >= 0.6 is 11.3 Å². The third kappa shape index (κ3) is 6.70. The van der Waals surface area contributed by atoms with E-state index in [0.717, 1.165) is 17.8 Å². The first-order chi connectivity index (χ1) is 14.3. The monoisotopic (exact) mass is 432 g/mol. The highest BCUT2D eigenvalue weighted by atomic mass is 32.1. The molecule has 0 aliphatic heterocycles. The van der Waals surface area contributed by atoms with Gasteiger partial charge in [-0.25, -0.2) is 0 Å². The first-order valence-electron chi connectivity index (χ1n) is 9.45. The molecule has 2 rings (SSSR count). The summed E-state index contributed by atoms with van der Waals surface area (Å²) in [4.78, 5) is 47.7. The second kappa shape index (κ2) is 11.1. The van der Waals surface area contributed by atoms with Crippen molar-refractivity contribution in [3.05, 3.63) is 46.8 Å². The Bertz CT molecular complexity index is 906. The number of anilines is 1. The van der Waals surface area contributed by atoms with Crippen LogP contribution in [0.3, 0.4) is 0 Å². The Hall–Kier alpha value is -3.20. The number of carbonyl (C=O) groups excluding carboxylic acids is 4. The van der Waals surface area contributed by atoms with Gasteiger partial charge < -0.3 is 20.5 Å². The summed E-state index contributed by atoms with van der Waals surface area (Å²) in [5.41, 5.74) is 5.88. The van der Waals surface area contributed by atoms with E-state index in [1.807, 2.05) is 6.92 Å². The normalized spacial score (nSPS) is 11.4. The van der Waals surface area contributed by atoms with Crippen LogP contribution in [0.15, 0.2) is 35.7 Å². The highest BCUT2D eigenvalue weighted by Gasteiger charge is 2.21. The minimum Gasteiger partial charge on any atom is -0.494 e. The molecule has 9 heteroatoms. The highest BCUT2D eigenvalue weighted by Crippen LogP contribution is 2.23. The van der Waals surface area contributed by atoms with Crippen LogP contribution in [0.5, 0.6) is 5.75 Å². The van der Waals surface area contributed by atoms with Crippen LogP contribution in [-0.4, -0.2) is 36.3 Å². The summed E-state index contributed by atoms with van der Waals surface area (Å²) < 4.78 is 10.5. The molecule has 3 N–H and O–H groups in total. The molecule has 0 saturated heterocycles. The van der Waals surface area contributed by atoms with E-state index in [0.29, 0.717) is 17.9 Å². The Labute approximate surface area is 178 Å². The molecule has 2 aromatic rings. The summed E-state index contributed by atoms with van der Waals surface area (Å²) >= 11 is 1.13. The van der Waals surface area contributed by atoms with Crippen LogP contribution < -0.4 is 15.8 Å². The van der Waals surface area contributed by atoms with Crippen LogP contribution in [-0.2, 0) is 14.3 Å². The minimum absolute atomic E-state index is 0.0426. The molecule has 0 aliphatic rings. The number of ether oxygens (including phenoxy) is 2. The zero-order chi connectivity index (χ0) is 22.1. The van der Waals surface area contributed by atoms with E-state index in [2.05, 4.69) is 5.32 Å². The summed E-state index contributed by atoms with van der Waals surface area (Å²) in [6, 6.07) is 8.20. The van der Waals surface area contributed by atoms with Gasteiger partial charge in [0.15, 0.2) is 11.9 Å². The number of esters is 1. The molecule has 1 unspecified atom stereocenters. The zero-order valence-electron chi connectivity index (χ0n) is 16.8. The molecule has 0 aliphatic carbocycles. The number of thiophene rings is 1. The van der Waals surface area contributed by atoms with Crippen molar-refractivity contribution < 1.29 is 28.7 Å². The van der Waals surface area contributed by atoms with Gasteiger partial charge in [-0.1, -0.05) is 6.92 Å². The van der Waals surface area contributed by atoms with Gasteiger partial charge in [0.1, 0.15) is 10.8 Å². The maximum atomic E-state index is 12.2. The van der Waals surface area contributed by atoms with Gasteiger partial charge in [0, 0.05) is 12.0 Å². The standard InChI is InChI=1S/C21H24N2O6S/c1-3-11-28-15-6-4-14(5-7-15)17(24)8-9-18(25)29-13(2)20(27)23-21-16(19(22)26)10-12-30-21/h4-7,10,12-13H,3,8-9,11H2,1-2H3,(H2,22,26)(H,23,27). The summed E-state index contributed by atoms with van der Waals surface area (Å²) in [6.07, 6.45) is -0.404. The first-order valence-corrected chi connectivity index (χ1v) is 10.3. The third-order valence-electron chi connectivity index (χ3n) is 4.05. The van der Waals surface area contributed by atoms with Gasteiger partial charge in [-0.3, -0.25) is 19.2 Å². The molecule has 0 radical (unpaired) electrons. The van der Waals surface area contributed by atoms with Gasteiger partial charge in [-0.2, -0.15) is 0 Å². The lowest BCUT2D eigenvalue weighted by molar-refractivity contribution is -0.153. The topological polar surface area (TPSA) is 125 Å². The fourth-order valence-electron chi connectivity index (χ4n) is 2.44. The fraction of sp³-hybridized carbons (Fsp3) is 0.333. The number of carbonyl (C=O) groups is 4. The third-order valence-corrected chi connectivity index (χ3v) is 4.88. The SMILES string of the molecule is CCCOc1ccc(C(=O)CCC(=O)OC(C)C(=O)Nc2sccc2C(N)=O)cc1. The lowest BCUT2D eigenvalue weighted by Gasteiger charge is -2.13. The second-order valence-corrected chi connectivity index (χ2v) is 7.36. The van der Waals surface area contributed by atoms with E-state index in [4.69, 9.17) is 15.2 Å². The lowest BCUT2D eigenvalue weighted by atomic mass is 10.1. The van der Waals surface area contributed by atoms with E-state index in [9.17, 15) is 19.2 Å². The van der Waals surface area contributed by atoms with E-state index < -0.39 is 23.9 Å². The number of Topliss-reactive ketones (excluding diaryl/α,β-unsaturated/α-hetero) is 1. The van der Waals surface area contributed by atoms with Crippen LogP contribution in [0.4, 0.5) is 5.00 Å². The smallest absolute Gasteiger partial charge is 0.307 e. The molecule has 1 heterocycles. The molecule has 30 heavy (non-hydrogen) atoms. The minimum atomic E-state index is -1.09. The fourth-order valence-corrected chi connectivity index (χ4v) is 3.24. The molecule has 0 saturated carbocycles. The van der Waals surface area contributed by atoms with Gasteiger partial charge in [-0.05, 0) is 49.1 Å². The van der Waals surface area contributed by atoms with E-state index >= 15 is 0 Å². The molecule has 2 amide bonds.